The number of aromatic nitrogens is 3. The second kappa shape index (κ2) is 6.02. The van der Waals surface area contributed by atoms with Gasteiger partial charge in [0.25, 0.3) is 0 Å². The molecule has 10 heteroatoms. The van der Waals surface area contributed by atoms with Crippen molar-refractivity contribution in [3.8, 4) is 0 Å². The van der Waals surface area contributed by atoms with Crippen LogP contribution in [0.3, 0.4) is 0 Å². The topological polar surface area (TPSA) is 111 Å². The minimum atomic E-state index is -3.68. The van der Waals surface area contributed by atoms with Crippen LogP contribution in [0.1, 0.15) is 5.69 Å². The van der Waals surface area contributed by atoms with Crippen molar-refractivity contribution in [2.45, 2.75) is 9.32 Å². The number of nitrogens with one attached hydrogen (secondary N) is 1. The first-order valence-corrected chi connectivity index (χ1v) is 9.92. The van der Waals surface area contributed by atoms with Crippen molar-refractivity contribution in [3.05, 3.63) is 36.3 Å². The van der Waals surface area contributed by atoms with Gasteiger partial charge in [0.15, 0.2) is 10.8 Å². The number of anilines is 2. The summed E-state index contributed by atoms with van der Waals surface area (Å²) in [6.07, 6.45) is 1.50. The van der Waals surface area contributed by atoms with E-state index in [9.17, 15) is 8.42 Å². The van der Waals surface area contributed by atoms with Gasteiger partial charge in [-0.2, -0.15) is 4.98 Å². The summed E-state index contributed by atoms with van der Waals surface area (Å²) in [6, 6.07) is 6.16. The first-order valence-electron chi connectivity index (χ1n) is 6.03. The summed E-state index contributed by atoms with van der Waals surface area (Å²) >= 11 is 3.70. The van der Waals surface area contributed by atoms with Gasteiger partial charge in [0.05, 0.1) is 15.3 Å². The maximum atomic E-state index is 11.2. The standard InChI is InChI=1S/C12H10IN5O2S2/c13-5-9-10-11(16-6-15-9)18-12(21-10)17-7-1-3-8(4-2-7)22(14,19)20/h1-4,6H,5H2,(H2,14,19,20)(H,15,16,17,18). The molecule has 0 atom stereocenters. The molecule has 114 valence electrons. The van der Waals surface area contributed by atoms with E-state index in [2.05, 4.69) is 42.9 Å². The van der Waals surface area contributed by atoms with E-state index in [0.29, 0.717) is 10.8 Å². The van der Waals surface area contributed by atoms with Gasteiger partial charge >= 0.3 is 0 Å². The van der Waals surface area contributed by atoms with E-state index in [4.69, 9.17) is 5.14 Å². The van der Waals surface area contributed by atoms with Crippen molar-refractivity contribution in [1.82, 2.24) is 15.0 Å². The monoisotopic (exact) mass is 447 g/mol. The molecule has 0 aliphatic carbocycles. The summed E-state index contributed by atoms with van der Waals surface area (Å²) < 4.78 is 24.2. The Morgan fingerprint density at radius 1 is 1.23 bits per heavy atom. The maximum absolute atomic E-state index is 11.2. The van der Waals surface area contributed by atoms with Gasteiger partial charge in [-0.1, -0.05) is 33.9 Å². The number of alkyl halides is 1. The smallest absolute Gasteiger partial charge is 0.238 e. The zero-order valence-corrected chi connectivity index (χ0v) is 14.8. The lowest BCUT2D eigenvalue weighted by molar-refractivity contribution is 0.598. The molecule has 0 bridgehead atoms. The van der Waals surface area contributed by atoms with Crippen molar-refractivity contribution in [2.75, 3.05) is 5.32 Å². The van der Waals surface area contributed by atoms with E-state index in [1.165, 1.54) is 29.8 Å². The first kappa shape index (κ1) is 15.5. The first-order chi connectivity index (χ1) is 10.5. The molecule has 2 heterocycles. The predicted octanol–water partition coefficient (Wildman–Crippen LogP) is 2.41. The predicted molar refractivity (Wildman–Crippen MR) is 94.0 cm³/mol. The zero-order chi connectivity index (χ0) is 15.7. The van der Waals surface area contributed by atoms with Crippen LogP contribution >= 0.6 is 33.9 Å². The largest absolute Gasteiger partial charge is 0.331 e. The number of benzene rings is 1. The Balaban J connectivity index is 1.90. The van der Waals surface area contributed by atoms with E-state index in [-0.39, 0.29) is 4.90 Å². The second-order valence-corrected chi connectivity index (χ2v) is 7.64. The van der Waals surface area contributed by atoms with Crippen molar-refractivity contribution >= 4 is 65.1 Å². The van der Waals surface area contributed by atoms with E-state index in [1.807, 2.05) is 0 Å². The zero-order valence-electron chi connectivity index (χ0n) is 11.0. The molecule has 0 fully saturated rings. The molecular formula is C12H10IN5O2S2. The Bertz CT molecular complexity index is 924. The lowest BCUT2D eigenvalue weighted by Crippen LogP contribution is -2.11. The Kier molecular flexibility index (Phi) is 4.25. The van der Waals surface area contributed by atoms with Gasteiger partial charge in [-0.15, -0.1) is 0 Å². The number of nitrogens with zero attached hydrogens (tertiary/aromatic N) is 3. The van der Waals surface area contributed by atoms with E-state index in [1.54, 1.807) is 12.1 Å². The van der Waals surface area contributed by atoms with Crippen molar-refractivity contribution < 1.29 is 8.42 Å². The third kappa shape index (κ3) is 3.19. The highest BCUT2D eigenvalue weighted by Gasteiger charge is 2.11. The third-order valence-electron chi connectivity index (χ3n) is 2.83. The number of hydrogen-bond donors (Lipinski definition) is 2. The average molecular weight is 447 g/mol. The van der Waals surface area contributed by atoms with Gasteiger partial charge in [0.1, 0.15) is 6.33 Å². The molecule has 2 aromatic heterocycles. The highest BCUT2D eigenvalue weighted by atomic mass is 127. The Morgan fingerprint density at radius 2 is 1.95 bits per heavy atom. The summed E-state index contributed by atoms with van der Waals surface area (Å²) in [5.41, 5.74) is 2.31. The maximum Gasteiger partial charge on any atom is 0.238 e. The number of fused-ring (bicyclic) bond motifs is 1. The molecule has 22 heavy (non-hydrogen) atoms. The number of rotatable bonds is 4. The highest BCUT2D eigenvalue weighted by Crippen LogP contribution is 2.29. The molecule has 0 aliphatic heterocycles. The summed E-state index contributed by atoms with van der Waals surface area (Å²) in [5, 5.41) is 8.86. The normalized spacial score (nSPS) is 11.7. The van der Waals surface area contributed by atoms with E-state index in [0.717, 1.165) is 20.5 Å². The molecule has 0 saturated carbocycles. The second-order valence-electron chi connectivity index (χ2n) is 4.32. The summed E-state index contributed by atoms with van der Waals surface area (Å²) in [4.78, 5) is 12.8. The quantitative estimate of drug-likeness (QED) is 0.470. The number of halogens is 1. The number of thiazole rings is 1. The number of hydrogen-bond acceptors (Lipinski definition) is 7. The highest BCUT2D eigenvalue weighted by molar-refractivity contribution is 14.1. The third-order valence-corrected chi connectivity index (χ3v) is 5.49. The number of nitrogens with two attached hydrogens (primary N) is 1. The number of primary sulfonamides is 1. The van der Waals surface area contributed by atoms with Crippen LogP contribution in [0.15, 0.2) is 35.5 Å². The SMILES string of the molecule is NS(=O)(=O)c1ccc(Nc2nc3ncnc(CI)c3s2)cc1. The van der Waals surface area contributed by atoms with Crippen molar-refractivity contribution in [3.63, 3.8) is 0 Å². The molecule has 3 N–H and O–H groups in total. The van der Waals surface area contributed by atoms with E-state index >= 15 is 0 Å². The summed E-state index contributed by atoms with van der Waals surface area (Å²) in [5.74, 6) is 0. The minimum Gasteiger partial charge on any atom is -0.331 e. The van der Waals surface area contributed by atoms with Crippen LogP contribution in [-0.4, -0.2) is 23.4 Å². The molecule has 7 nitrogen and oxygen atoms in total. The van der Waals surface area contributed by atoms with Gasteiger partial charge < -0.3 is 5.32 Å². The van der Waals surface area contributed by atoms with Crippen LogP contribution < -0.4 is 10.5 Å². The average Bonchev–Trinajstić information content (AvgIpc) is 2.89. The van der Waals surface area contributed by atoms with Gasteiger partial charge in [-0.25, -0.2) is 23.5 Å². The van der Waals surface area contributed by atoms with Gasteiger partial charge in [0, 0.05) is 10.1 Å². The van der Waals surface area contributed by atoms with Crippen LogP contribution in [0.5, 0.6) is 0 Å². The van der Waals surface area contributed by atoms with E-state index < -0.39 is 10.0 Å². The molecule has 0 radical (unpaired) electrons. The molecule has 0 amide bonds. The van der Waals surface area contributed by atoms with Crippen LogP contribution in [0, 0.1) is 0 Å². The Hall–Kier alpha value is -1.37. The fraction of sp³-hybridized carbons (Fsp3) is 0.0833. The minimum absolute atomic E-state index is 0.0698. The molecule has 3 aromatic rings. The van der Waals surface area contributed by atoms with Gasteiger partial charge in [-0.05, 0) is 24.3 Å². The molecule has 3 rings (SSSR count). The molecule has 0 spiro atoms. The van der Waals surface area contributed by atoms with Gasteiger partial charge in [-0.3, -0.25) is 0 Å². The van der Waals surface area contributed by atoms with Crippen molar-refractivity contribution in [1.29, 1.82) is 0 Å². The van der Waals surface area contributed by atoms with Crippen LogP contribution in [0.4, 0.5) is 10.8 Å². The fourth-order valence-electron chi connectivity index (χ4n) is 1.80. The van der Waals surface area contributed by atoms with Crippen LogP contribution in [0.25, 0.3) is 10.3 Å². The molecule has 1 aromatic carbocycles. The Morgan fingerprint density at radius 3 is 2.59 bits per heavy atom. The summed E-state index contributed by atoms with van der Waals surface area (Å²) in [7, 11) is -3.68. The fourth-order valence-corrected chi connectivity index (χ4v) is 4.08. The van der Waals surface area contributed by atoms with Crippen LogP contribution in [-0.2, 0) is 14.5 Å². The molecule has 0 unspecified atom stereocenters. The Labute approximate surface area is 144 Å². The van der Waals surface area contributed by atoms with Gasteiger partial charge in [0.2, 0.25) is 10.0 Å². The molecular weight excluding hydrogens is 437 g/mol. The molecule has 0 aliphatic rings. The summed E-state index contributed by atoms with van der Waals surface area (Å²) in [6.45, 7) is 0. The molecule has 0 saturated heterocycles. The van der Waals surface area contributed by atoms with Crippen molar-refractivity contribution in [2.24, 2.45) is 5.14 Å². The lowest BCUT2D eigenvalue weighted by atomic mass is 10.3. The lowest BCUT2D eigenvalue weighted by Gasteiger charge is -2.03. The van der Waals surface area contributed by atoms with Crippen LogP contribution in [0.2, 0.25) is 0 Å². The number of sulfonamides is 1.